The lowest BCUT2D eigenvalue weighted by Gasteiger charge is -2.30. The minimum atomic E-state index is 0.666. The van der Waals surface area contributed by atoms with Crippen molar-refractivity contribution in [3.05, 3.63) is 0 Å². The Kier molecular flexibility index (Phi) is 1.46. The molecule has 1 heterocycles. The second kappa shape index (κ2) is 2.30. The Morgan fingerprint density at radius 1 is 1.00 bits per heavy atom. The first kappa shape index (κ1) is 5.72. The third-order valence-electron chi connectivity index (χ3n) is 2.64. The van der Waals surface area contributed by atoms with Crippen molar-refractivity contribution in [3.63, 3.8) is 0 Å². The Hall–Kier alpha value is -0.0400. The lowest BCUT2D eigenvalue weighted by molar-refractivity contribution is 0.0308. The maximum Gasteiger partial charge on any atom is 0.0604 e. The summed E-state index contributed by atoms with van der Waals surface area (Å²) in [5, 5.41) is 0. The van der Waals surface area contributed by atoms with Crippen molar-refractivity contribution in [3.8, 4) is 0 Å². The van der Waals surface area contributed by atoms with Crippen LogP contribution in [0.15, 0.2) is 0 Å². The zero-order valence-electron chi connectivity index (χ0n) is 5.81. The van der Waals surface area contributed by atoms with Gasteiger partial charge in [0, 0.05) is 6.61 Å². The Bertz CT molecular complexity index is 90.7. The number of rotatable bonds is 1. The summed E-state index contributed by atoms with van der Waals surface area (Å²) in [6.45, 7) is 1.03. The van der Waals surface area contributed by atoms with Crippen LogP contribution < -0.4 is 0 Å². The van der Waals surface area contributed by atoms with Gasteiger partial charge >= 0.3 is 0 Å². The van der Waals surface area contributed by atoms with Crippen LogP contribution in [0, 0.1) is 5.92 Å². The molecular weight excluding hydrogens is 112 g/mol. The Labute approximate surface area is 56.4 Å². The van der Waals surface area contributed by atoms with Crippen LogP contribution in [0.25, 0.3) is 0 Å². The summed E-state index contributed by atoms with van der Waals surface area (Å²) in [6.07, 6.45) is 7.63. The van der Waals surface area contributed by atoms with Crippen molar-refractivity contribution in [1.82, 2.24) is 0 Å². The zero-order valence-corrected chi connectivity index (χ0v) is 5.81. The molecule has 9 heavy (non-hydrogen) atoms. The largest absolute Gasteiger partial charge is 0.378 e. The van der Waals surface area contributed by atoms with E-state index in [-0.39, 0.29) is 0 Å². The summed E-state index contributed by atoms with van der Waals surface area (Å²) < 4.78 is 5.56. The summed E-state index contributed by atoms with van der Waals surface area (Å²) in [5.41, 5.74) is 0. The topological polar surface area (TPSA) is 9.23 Å². The molecule has 1 aliphatic heterocycles. The maximum atomic E-state index is 5.56. The van der Waals surface area contributed by atoms with Crippen LogP contribution >= 0.6 is 0 Å². The first-order valence-corrected chi connectivity index (χ1v) is 4.08. The molecule has 2 aliphatic rings. The first-order chi connectivity index (χ1) is 4.47. The average molecular weight is 126 g/mol. The molecule has 0 bridgehead atoms. The normalized spacial score (nSPS) is 36.7. The van der Waals surface area contributed by atoms with Crippen molar-refractivity contribution < 1.29 is 4.74 Å². The van der Waals surface area contributed by atoms with Gasteiger partial charge in [-0.05, 0) is 31.6 Å². The number of ether oxygens (including phenoxy) is 1. The molecule has 0 aromatic carbocycles. The van der Waals surface area contributed by atoms with Crippen LogP contribution in [0.4, 0.5) is 0 Å². The van der Waals surface area contributed by atoms with E-state index in [2.05, 4.69) is 0 Å². The molecule has 1 unspecified atom stereocenters. The lowest BCUT2D eigenvalue weighted by atomic mass is 9.80. The number of hydrogen-bond donors (Lipinski definition) is 0. The molecule has 1 saturated carbocycles. The van der Waals surface area contributed by atoms with Crippen LogP contribution in [0.5, 0.6) is 0 Å². The van der Waals surface area contributed by atoms with Gasteiger partial charge in [0.15, 0.2) is 0 Å². The summed E-state index contributed by atoms with van der Waals surface area (Å²) >= 11 is 0. The Balaban J connectivity index is 1.82. The molecule has 0 aromatic heterocycles. The average Bonchev–Trinajstić information content (AvgIpc) is 2.11. The highest BCUT2D eigenvalue weighted by Crippen LogP contribution is 2.35. The van der Waals surface area contributed by atoms with Crippen LogP contribution in [-0.4, -0.2) is 12.7 Å². The minimum absolute atomic E-state index is 0.666. The Morgan fingerprint density at radius 3 is 2.33 bits per heavy atom. The summed E-state index contributed by atoms with van der Waals surface area (Å²) in [7, 11) is 0. The molecule has 1 heteroatoms. The molecule has 52 valence electrons. The zero-order chi connectivity index (χ0) is 6.10. The van der Waals surface area contributed by atoms with E-state index >= 15 is 0 Å². The molecule has 1 nitrogen and oxygen atoms in total. The van der Waals surface area contributed by atoms with Crippen molar-refractivity contribution in [1.29, 1.82) is 0 Å². The second-order valence-corrected chi connectivity index (χ2v) is 3.24. The predicted octanol–water partition coefficient (Wildman–Crippen LogP) is 1.97. The van der Waals surface area contributed by atoms with Crippen LogP contribution in [-0.2, 0) is 4.74 Å². The van der Waals surface area contributed by atoms with Gasteiger partial charge < -0.3 is 4.74 Å². The highest BCUT2D eigenvalue weighted by Gasteiger charge is 2.29. The van der Waals surface area contributed by atoms with Gasteiger partial charge in [0.2, 0.25) is 0 Å². The van der Waals surface area contributed by atoms with Gasteiger partial charge in [-0.2, -0.15) is 0 Å². The van der Waals surface area contributed by atoms with Crippen LogP contribution in [0.1, 0.15) is 32.1 Å². The molecule has 0 N–H and O–H groups in total. The van der Waals surface area contributed by atoms with Crippen molar-refractivity contribution >= 4 is 0 Å². The lowest BCUT2D eigenvalue weighted by Crippen LogP contribution is -2.25. The maximum absolute atomic E-state index is 5.56. The van der Waals surface area contributed by atoms with E-state index in [1.807, 2.05) is 0 Å². The van der Waals surface area contributed by atoms with E-state index in [9.17, 15) is 0 Å². The summed E-state index contributed by atoms with van der Waals surface area (Å²) in [5.74, 6) is 0.951. The predicted molar refractivity (Wildman–Crippen MR) is 36.3 cm³/mol. The van der Waals surface area contributed by atoms with E-state index in [1.54, 1.807) is 0 Å². The van der Waals surface area contributed by atoms with Gasteiger partial charge in [-0.1, -0.05) is 6.42 Å². The second-order valence-electron chi connectivity index (χ2n) is 3.24. The van der Waals surface area contributed by atoms with Crippen molar-refractivity contribution in [2.75, 3.05) is 6.61 Å². The van der Waals surface area contributed by atoms with E-state index in [0.717, 1.165) is 12.5 Å². The Morgan fingerprint density at radius 2 is 1.89 bits per heavy atom. The molecule has 0 aromatic rings. The van der Waals surface area contributed by atoms with E-state index < -0.39 is 0 Å². The highest BCUT2D eigenvalue weighted by atomic mass is 16.5. The summed E-state index contributed by atoms with van der Waals surface area (Å²) in [6, 6.07) is 0. The number of hydrogen-bond acceptors (Lipinski definition) is 1. The quantitative estimate of drug-likeness (QED) is 0.522. The third-order valence-corrected chi connectivity index (χ3v) is 2.64. The fourth-order valence-corrected chi connectivity index (χ4v) is 1.79. The molecule has 0 radical (unpaired) electrons. The molecule has 2 rings (SSSR count). The fraction of sp³-hybridized carbons (Fsp3) is 1.00. The fourth-order valence-electron chi connectivity index (χ4n) is 1.79. The third kappa shape index (κ3) is 0.983. The van der Waals surface area contributed by atoms with Gasteiger partial charge in [0.1, 0.15) is 0 Å². The van der Waals surface area contributed by atoms with E-state index in [0.29, 0.717) is 6.10 Å². The van der Waals surface area contributed by atoms with Gasteiger partial charge in [0.05, 0.1) is 6.10 Å². The van der Waals surface area contributed by atoms with Crippen LogP contribution in [0.2, 0.25) is 0 Å². The molecular formula is C8H14O. The van der Waals surface area contributed by atoms with Crippen LogP contribution in [0.3, 0.4) is 0 Å². The monoisotopic (exact) mass is 126 g/mol. The van der Waals surface area contributed by atoms with Gasteiger partial charge in [-0.3, -0.25) is 0 Å². The van der Waals surface area contributed by atoms with Gasteiger partial charge in [-0.15, -0.1) is 0 Å². The molecule has 1 atom stereocenters. The molecule has 0 amide bonds. The molecule has 2 fully saturated rings. The van der Waals surface area contributed by atoms with E-state index in [4.69, 9.17) is 4.74 Å². The minimum Gasteiger partial charge on any atom is -0.378 e. The molecule has 1 aliphatic carbocycles. The van der Waals surface area contributed by atoms with E-state index in [1.165, 1.54) is 32.1 Å². The molecule has 0 spiro atoms. The van der Waals surface area contributed by atoms with Gasteiger partial charge in [0.25, 0.3) is 0 Å². The first-order valence-electron chi connectivity index (χ1n) is 4.08. The standard InChI is InChI=1S/C8H14O/c1-3-7(4-1)8-5-2-6-9-8/h7-8H,1-6H2. The van der Waals surface area contributed by atoms with Crippen molar-refractivity contribution in [2.45, 2.75) is 38.2 Å². The summed E-state index contributed by atoms with van der Waals surface area (Å²) in [4.78, 5) is 0. The van der Waals surface area contributed by atoms with Crippen molar-refractivity contribution in [2.24, 2.45) is 5.92 Å². The van der Waals surface area contributed by atoms with Gasteiger partial charge in [-0.25, -0.2) is 0 Å². The molecule has 1 saturated heterocycles. The SMILES string of the molecule is C1CC(C2CCCO2)C1. The smallest absolute Gasteiger partial charge is 0.0604 e. The highest BCUT2D eigenvalue weighted by molar-refractivity contribution is 4.80.